The van der Waals surface area contributed by atoms with Gasteiger partial charge in [0.1, 0.15) is 0 Å². The molecule has 0 amide bonds. The van der Waals surface area contributed by atoms with E-state index in [0.717, 1.165) is 11.0 Å². The number of hydrogen-bond acceptors (Lipinski definition) is 0. The number of nitrogens with one attached hydrogen (secondary N) is 1. The number of benzene rings is 8. The van der Waals surface area contributed by atoms with Crippen molar-refractivity contribution < 1.29 is 0 Å². The number of H-pyrrole nitrogens is 1. The van der Waals surface area contributed by atoms with Crippen LogP contribution in [0.25, 0.3) is 99.0 Å². The van der Waals surface area contributed by atoms with Gasteiger partial charge in [0.25, 0.3) is 0 Å². The van der Waals surface area contributed by atoms with Crippen LogP contribution in [0.2, 0.25) is 0 Å². The van der Waals surface area contributed by atoms with Crippen molar-refractivity contribution in [2.45, 2.75) is 27.7 Å². The van der Waals surface area contributed by atoms with Crippen LogP contribution >= 0.6 is 0 Å². The van der Waals surface area contributed by atoms with E-state index in [2.05, 4.69) is 200 Å². The number of fused-ring (bicyclic) bond motifs is 9. The monoisotopic (exact) mass is 705 g/mol. The van der Waals surface area contributed by atoms with Gasteiger partial charge in [-0.2, -0.15) is 0 Å². The largest absolute Gasteiger partial charge is 0.355 e. The van der Waals surface area contributed by atoms with Crippen molar-refractivity contribution in [3.05, 3.63) is 180 Å². The lowest BCUT2D eigenvalue weighted by atomic mass is 9.94. The average Bonchev–Trinajstić information content (AvgIpc) is 3.86. The molecule has 0 atom stereocenters. The zero-order valence-electron chi connectivity index (χ0n) is 31.4. The Morgan fingerprint density at radius 1 is 0.327 bits per heavy atom. The van der Waals surface area contributed by atoms with Gasteiger partial charge in [0.15, 0.2) is 0 Å². The molecule has 0 radical (unpaired) electrons. The van der Waals surface area contributed by atoms with E-state index in [-0.39, 0.29) is 0 Å². The molecule has 0 fully saturated rings. The molecule has 0 spiro atoms. The van der Waals surface area contributed by atoms with Crippen molar-refractivity contribution in [1.82, 2.24) is 14.1 Å². The van der Waals surface area contributed by atoms with Gasteiger partial charge in [-0.05, 0) is 145 Å². The van der Waals surface area contributed by atoms with Gasteiger partial charge in [-0.1, -0.05) is 84.9 Å². The molecule has 262 valence electrons. The van der Waals surface area contributed by atoms with Crippen LogP contribution < -0.4 is 0 Å². The van der Waals surface area contributed by atoms with Crippen LogP contribution in [0.4, 0.5) is 0 Å². The van der Waals surface area contributed by atoms with Gasteiger partial charge in [-0.3, -0.25) is 0 Å². The van der Waals surface area contributed by atoms with Crippen LogP contribution in [0.1, 0.15) is 22.3 Å². The number of nitrogens with zero attached hydrogens (tertiary/aromatic N) is 2. The van der Waals surface area contributed by atoms with Gasteiger partial charge < -0.3 is 14.1 Å². The lowest BCUT2D eigenvalue weighted by molar-refractivity contribution is 1.14. The van der Waals surface area contributed by atoms with Crippen molar-refractivity contribution in [3.8, 4) is 33.6 Å². The first kappa shape index (κ1) is 31.7. The molecule has 0 saturated carbocycles. The van der Waals surface area contributed by atoms with Gasteiger partial charge >= 0.3 is 0 Å². The fraction of sp³-hybridized carbons (Fsp3) is 0.0769. The van der Waals surface area contributed by atoms with Crippen LogP contribution in [0.15, 0.2) is 158 Å². The zero-order valence-corrected chi connectivity index (χ0v) is 31.4. The summed E-state index contributed by atoms with van der Waals surface area (Å²) in [4.78, 5) is 3.70. The third-order valence-electron chi connectivity index (χ3n) is 11.9. The third-order valence-corrected chi connectivity index (χ3v) is 11.9. The predicted molar refractivity (Wildman–Crippen MR) is 234 cm³/mol. The molecule has 0 unspecified atom stereocenters. The number of rotatable bonds is 4. The predicted octanol–water partition coefficient (Wildman–Crippen LogP) is 14.1. The molecule has 3 heteroatoms. The molecule has 11 aromatic rings. The van der Waals surface area contributed by atoms with Gasteiger partial charge in [-0.15, -0.1) is 0 Å². The Hall–Kier alpha value is -6.84. The first-order chi connectivity index (χ1) is 26.9. The molecule has 1 N–H and O–H groups in total. The summed E-state index contributed by atoms with van der Waals surface area (Å²) in [6, 6.07) is 58.2. The van der Waals surface area contributed by atoms with Crippen molar-refractivity contribution in [2.75, 3.05) is 0 Å². The lowest BCUT2D eigenvalue weighted by Gasteiger charge is -2.16. The van der Waals surface area contributed by atoms with E-state index >= 15 is 0 Å². The normalized spacial score (nSPS) is 12.0. The molecular weight excluding hydrogens is 667 g/mol. The SMILES string of the molecule is Cc1cc(-n2c3ccccc3c3ccccc32)c(C)cc1-c1ccc2[nH]c3ccc(-c4cc(C)c(-n5c6ccccc6c6ccccc65)cc4C)cc3c2c1. The quantitative estimate of drug-likeness (QED) is 0.189. The zero-order chi connectivity index (χ0) is 36.9. The number of aryl methyl sites for hydroxylation is 4. The summed E-state index contributed by atoms with van der Waals surface area (Å²) in [6.07, 6.45) is 0. The molecule has 0 bridgehead atoms. The minimum absolute atomic E-state index is 1.15. The highest BCUT2D eigenvalue weighted by Gasteiger charge is 2.18. The van der Waals surface area contributed by atoms with Crippen LogP contribution in [-0.2, 0) is 0 Å². The molecular formula is C52H39N3. The fourth-order valence-corrected chi connectivity index (χ4v) is 9.30. The first-order valence-electron chi connectivity index (χ1n) is 19.2. The van der Waals surface area contributed by atoms with Crippen molar-refractivity contribution >= 4 is 65.4 Å². The highest BCUT2D eigenvalue weighted by atomic mass is 15.0. The molecule has 0 aliphatic carbocycles. The molecule has 55 heavy (non-hydrogen) atoms. The van der Waals surface area contributed by atoms with Gasteiger partial charge in [-0.25, -0.2) is 0 Å². The minimum Gasteiger partial charge on any atom is -0.355 e. The van der Waals surface area contributed by atoms with Gasteiger partial charge in [0.05, 0.1) is 22.1 Å². The molecule has 3 nitrogen and oxygen atoms in total. The molecule has 0 saturated heterocycles. The molecule has 0 aliphatic heterocycles. The second-order valence-electron chi connectivity index (χ2n) is 15.3. The number of para-hydroxylation sites is 4. The van der Waals surface area contributed by atoms with Crippen LogP contribution in [0.3, 0.4) is 0 Å². The number of hydrogen-bond donors (Lipinski definition) is 1. The number of aromatic nitrogens is 3. The van der Waals surface area contributed by atoms with E-state index in [4.69, 9.17) is 0 Å². The maximum absolute atomic E-state index is 3.70. The first-order valence-corrected chi connectivity index (χ1v) is 19.2. The maximum atomic E-state index is 3.70. The maximum Gasteiger partial charge on any atom is 0.0541 e. The molecule has 0 aliphatic rings. The summed E-state index contributed by atoms with van der Waals surface area (Å²) in [5, 5.41) is 7.63. The van der Waals surface area contributed by atoms with Crippen molar-refractivity contribution in [2.24, 2.45) is 0 Å². The molecule has 8 aromatic carbocycles. The molecule has 3 aromatic heterocycles. The molecule has 11 rings (SSSR count). The van der Waals surface area contributed by atoms with E-state index in [9.17, 15) is 0 Å². The fourth-order valence-electron chi connectivity index (χ4n) is 9.30. The van der Waals surface area contributed by atoms with E-state index in [1.807, 2.05) is 0 Å². The Kier molecular flexibility index (Phi) is 6.81. The third kappa shape index (κ3) is 4.69. The number of aromatic amines is 1. The summed E-state index contributed by atoms with van der Waals surface area (Å²) in [6.45, 7) is 8.99. The summed E-state index contributed by atoms with van der Waals surface area (Å²) in [7, 11) is 0. The van der Waals surface area contributed by atoms with Crippen LogP contribution in [-0.4, -0.2) is 14.1 Å². The summed E-state index contributed by atoms with van der Waals surface area (Å²) in [5.41, 5.74) is 19.7. The lowest BCUT2D eigenvalue weighted by Crippen LogP contribution is -1.99. The Bertz CT molecular complexity index is 3040. The van der Waals surface area contributed by atoms with Gasteiger partial charge in [0, 0.05) is 54.7 Å². The smallest absolute Gasteiger partial charge is 0.0541 e. The summed E-state index contributed by atoms with van der Waals surface area (Å²) in [5.74, 6) is 0. The molecule has 3 heterocycles. The highest BCUT2D eigenvalue weighted by Crippen LogP contribution is 2.40. The average molecular weight is 706 g/mol. The van der Waals surface area contributed by atoms with E-state index in [1.54, 1.807) is 0 Å². The van der Waals surface area contributed by atoms with Crippen molar-refractivity contribution in [3.63, 3.8) is 0 Å². The summed E-state index contributed by atoms with van der Waals surface area (Å²) < 4.78 is 4.86. The van der Waals surface area contributed by atoms with E-state index in [0.29, 0.717) is 0 Å². The summed E-state index contributed by atoms with van der Waals surface area (Å²) >= 11 is 0. The topological polar surface area (TPSA) is 25.6 Å². The second-order valence-corrected chi connectivity index (χ2v) is 15.3. The standard InChI is InChI=1S/C52H39N3/c1-31-27-51(54-47-17-9-5-13-37(47)38-14-6-10-18-48(38)54)33(3)25-41(31)35-21-23-45-43(29-35)44-30-36(22-24-46(44)53-45)42-26-34(4)52(28-32(42)2)55-49-19-11-7-15-39(49)40-16-8-12-20-50(40)55/h5-30,53H,1-4H3. The Balaban J connectivity index is 1.01. The van der Waals surface area contributed by atoms with Crippen LogP contribution in [0, 0.1) is 27.7 Å². The van der Waals surface area contributed by atoms with E-state index in [1.165, 1.54) is 110 Å². The van der Waals surface area contributed by atoms with E-state index < -0.39 is 0 Å². The van der Waals surface area contributed by atoms with Gasteiger partial charge in [0.2, 0.25) is 0 Å². The Morgan fingerprint density at radius 3 is 1.04 bits per heavy atom. The second kappa shape index (κ2) is 11.8. The minimum atomic E-state index is 1.15. The Labute approximate surface area is 319 Å². The van der Waals surface area contributed by atoms with Crippen molar-refractivity contribution in [1.29, 1.82) is 0 Å². The highest BCUT2D eigenvalue weighted by molar-refractivity contribution is 6.12. The van der Waals surface area contributed by atoms with Crippen LogP contribution in [0.5, 0.6) is 0 Å². The Morgan fingerprint density at radius 2 is 0.673 bits per heavy atom.